The zero-order chi connectivity index (χ0) is 18.8. The number of benzene rings is 3. The Balaban J connectivity index is 1.52. The largest absolute Gasteiger partial charge is 0.313 e. The monoisotopic (exact) mass is 366 g/mol. The normalized spacial score (nSPS) is 14.1. The van der Waals surface area contributed by atoms with E-state index in [1.807, 2.05) is 6.07 Å². The highest BCUT2D eigenvalue weighted by Crippen LogP contribution is 2.33. The predicted molar refractivity (Wildman–Crippen MR) is 113 cm³/mol. The zero-order valence-electron chi connectivity index (χ0n) is 15.6. The summed E-state index contributed by atoms with van der Waals surface area (Å²) in [6.45, 7) is 2.50. The van der Waals surface area contributed by atoms with Crippen molar-refractivity contribution >= 4 is 11.5 Å². The van der Waals surface area contributed by atoms with E-state index in [4.69, 9.17) is 5.10 Å². The molecule has 0 N–H and O–H groups in total. The lowest BCUT2D eigenvalue weighted by Gasteiger charge is -2.37. The van der Waals surface area contributed by atoms with Gasteiger partial charge in [0.1, 0.15) is 5.82 Å². The van der Waals surface area contributed by atoms with Crippen LogP contribution in [0.3, 0.4) is 0 Å². The summed E-state index contributed by atoms with van der Waals surface area (Å²) >= 11 is 0. The maximum absolute atomic E-state index is 4.92. The molecule has 2 heterocycles. The third-order valence-electron chi connectivity index (χ3n) is 5.10. The lowest BCUT2D eigenvalue weighted by atomic mass is 10.1. The molecular weight excluding hydrogens is 344 g/mol. The van der Waals surface area contributed by atoms with E-state index in [2.05, 4.69) is 105 Å². The summed E-state index contributed by atoms with van der Waals surface area (Å²) in [5, 5.41) is 4.92. The molecule has 0 radical (unpaired) electrons. The van der Waals surface area contributed by atoms with Crippen molar-refractivity contribution in [1.29, 1.82) is 0 Å². The molecule has 4 aromatic rings. The van der Waals surface area contributed by atoms with E-state index < -0.39 is 0 Å². The van der Waals surface area contributed by atoms with Crippen molar-refractivity contribution in [2.45, 2.75) is 13.2 Å². The number of anilines is 2. The Hall–Kier alpha value is -3.37. The van der Waals surface area contributed by atoms with Crippen LogP contribution in [-0.2, 0) is 13.2 Å². The maximum atomic E-state index is 4.92. The Morgan fingerprint density at radius 2 is 1.36 bits per heavy atom. The first-order chi connectivity index (χ1) is 13.9. The summed E-state index contributed by atoms with van der Waals surface area (Å²) < 4.78 is 2.11. The summed E-state index contributed by atoms with van der Waals surface area (Å²) in [6.07, 6.45) is 0. The summed E-state index contributed by atoms with van der Waals surface area (Å²) in [7, 11) is 0. The average Bonchev–Trinajstić information content (AvgIpc) is 3.19. The van der Waals surface area contributed by atoms with Crippen LogP contribution < -0.4 is 4.90 Å². The summed E-state index contributed by atoms with van der Waals surface area (Å²) in [6, 6.07) is 33.8. The van der Waals surface area contributed by atoms with Crippen LogP contribution in [0.2, 0.25) is 0 Å². The summed E-state index contributed by atoms with van der Waals surface area (Å²) in [4.78, 5) is 4.75. The minimum absolute atomic E-state index is 0.778. The van der Waals surface area contributed by atoms with Crippen molar-refractivity contribution in [2.75, 3.05) is 11.6 Å². The molecule has 5 rings (SSSR count). The standard InChI is InChI=1S/C24H22N4/c1-4-10-20(11-5-1)17-26-18-27(22-14-8-3-9-15-22)24-16-23(25-28(24)19-26)21-12-6-2-7-13-21/h1-16H,17-19H2. The van der Waals surface area contributed by atoms with Crippen LogP contribution in [-0.4, -0.2) is 21.3 Å². The van der Waals surface area contributed by atoms with Crippen molar-refractivity contribution in [1.82, 2.24) is 14.7 Å². The molecule has 4 nitrogen and oxygen atoms in total. The highest BCUT2D eigenvalue weighted by Gasteiger charge is 2.26. The van der Waals surface area contributed by atoms with Crippen molar-refractivity contribution in [3.8, 4) is 11.3 Å². The van der Waals surface area contributed by atoms with Gasteiger partial charge in [-0.15, -0.1) is 0 Å². The minimum Gasteiger partial charge on any atom is -0.313 e. The zero-order valence-corrected chi connectivity index (χ0v) is 15.6. The predicted octanol–water partition coefficient (Wildman–Crippen LogP) is 5.12. The van der Waals surface area contributed by atoms with Crippen molar-refractivity contribution in [3.05, 3.63) is 103 Å². The minimum atomic E-state index is 0.778. The summed E-state index contributed by atoms with van der Waals surface area (Å²) in [5.74, 6) is 1.13. The van der Waals surface area contributed by atoms with E-state index in [-0.39, 0.29) is 0 Å². The van der Waals surface area contributed by atoms with Gasteiger partial charge in [0, 0.05) is 23.9 Å². The lowest BCUT2D eigenvalue weighted by Crippen LogP contribution is -2.42. The number of rotatable bonds is 4. The fourth-order valence-corrected chi connectivity index (χ4v) is 3.75. The molecule has 0 unspecified atom stereocenters. The number of aromatic nitrogens is 2. The fraction of sp³-hybridized carbons (Fsp3) is 0.125. The molecule has 1 aliphatic rings. The molecule has 0 aliphatic carbocycles. The van der Waals surface area contributed by atoms with Gasteiger partial charge >= 0.3 is 0 Å². The Morgan fingerprint density at radius 1 is 0.714 bits per heavy atom. The van der Waals surface area contributed by atoms with Gasteiger partial charge < -0.3 is 4.90 Å². The Bertz CT molecular complexity index is 1040. The van der Waals surface area contributed by atoms with Crippen molar-refractivity contribution in [2.24, 2.45) is 0 Å². The Labute approximate surface area is 165 Å². The maximum Gasteiger partial charge on any atom is 0.134 e. The first kappa shape index (κ1) is 16.8. The van der Waals surface area contributed by atoms with Gasteiger partial charge in [-0.2, -0.15) is 5.10 Å². The summed E-state index contributed by atoms with van der Waals surface area (Å²) in [5.41, 5.74) is 4.65. The van der Waals surface area contributed by atoms with Crippen LogP contribution in [0.4, 0.5) is 11.5 Å². The van der Waals surface area contributed by atoms with Crippen molar-refractivity contribution < 1.29 is 0 Å². The van der Waals surface area contributed by atoms with Crippen LogP contribution >= 0.6 is 0 Å². The fourth-order valence-electron chi connectivity index (χ4n) is 3.75. The van der Waals surface area contributed by atoms with E-state index in [1.54, 1.807) is 0 Å². The van der Waals surface area contributed by atoms with E-state index >= 15 is 0 Å². The second-order valence-corrected chi connectivity index (χ2v) is 7.11. The number of para-hydroxylation sites is 1. The van der Waals surface area contributed by atoms with E-state index in [0.717, 1.165) is 37.0 Å². The third-order valence-corrected chi connectivity index (χ3v) is 5.10. The molecule has 1 aliphatic heterocycles. The molecule has 4 heteroatoms. The van der Waals surface area contributed by atoms with Gasteiger partial charge in [0.15, 0.2) is 0 Å². The molecule has 1 aromatic heterocycles. The van der Waals surface area contributed by atoms with Gasteiger partial charge in [-0.3, -0.25) is 4.90 Å². The van der Waals surface area contributed by atoms with Gasteiger partial charge in [0.2, 0.25) is 0 Å². The molecule has 0 saturated carbocycles. The van der Waals surface area contributed by atoms with Gasteiger partial charge in [-0.25, -0.2) is 4.68 Å². The molecule has 138 valence electrons. The highest BCUT2D eigenvalue weighted by molar-refractivity contribution is 5.68. The molecule has 0 atom stereocenters. The Kier molecular flexibility index (Phi) is 4.39. The second-order valence-electron chi connectivity index (χ2n) is 7.11. The van der Waals surface area contributed by atoms with Gasteiger partial charge in [-0.05, 0) is 17.7 Å². The first-order valence-electron chi connectivity index (χ1n) is 9.59. The molecule has 0 amide bonds. The molecule has 0 saturated heterocycles. The van der Waals surface area contributed by atoms with E-state index in [9.17, 15) is 0 Å². The van der Waals surface area contributed by atoms with Crippen LogP contribution in [0.25, 0.3) is 11.3 Å². The molecule has 28 heavy (non-hydrogen) atoms. The van der Waals surface area contributed by atoms with Gasteiger partial charge in [0.25, 0.3) is 0 Å². The molecular formula is C24H22N4. The number of hydrogen-bond donors (Lipinski definition) is 0. The van der Waals surface area contributed by atoms with Crippen LogP contribution in [0.15, 0.2) is 97.1 Å². The molecule has 0 spiro atoms. The van der Waals surface area contributed by atoms with E-state index in [0.29, 0.717) is 0 Å². The van der Waals surface area contributed by atoms with Gasteiger partial charge in [0.05, 0.1) is 19.0 Å². The van der Waals surface area contributed by atoms with Crippen LogP contribution in [0, 0.1) is 0 Å². The SMILES string of the molecule is c1ccc(CN2CN(c3ccccc3)c3cc(-c4ccccc4)nn3C2)cc1. The highest BCUT2D eigenvalue weighted by atomic mass is 15.5. The number of nitrogens with zero attached hydrogens (tertiary/aromatic N) is 4. The third kappa shape index (κ3) is 3.30. The second kappa shape index (κ2) is 7.33. The molecule has 0 fully saturated rings. The quantitative estimate of drug-likeness (QED) is 0.501. The topological polar surface area (TPSA) is 24.3 Å². The number of fused-ring (bicyclic) bond motifs is 1. The number of hydrogen-bond acceptors (Lipinski definition) is 3. The van der Waals surface area contributed by atoms with Crippen LogP contribution in [0.5, 0.6) is 0 Å². The molecule has 0 bridgehead atoms. The molecule has 3 aromatic carbocycles. The van der Waals surface area contributed by atoms with Crippen LogP contribution in [0.1, 0.15) is 5.56 Å². The van der Waals surface area contributed by atoms with Gasteiger partial charge in [-0.1, -0.05) is 78.9 Å². The first-order valence-corrected chi connectivity index (χ1v) is 9.59. The van der Waals surface area contributed by atoms with Crippen molar-refractivity contribution in [3.63, 3.8) is 0 Å². The average molecular weight is 366 g/mol. The smallest absolute Gasteiger partial charge is 0.134 e. The lowest BCUT2D eigenvalue weighted by molar-refractivity contribution is 0.185. The van der Waals surface area contributed by atoms with E-state index in [1.165, 1.54) is 11.3 Å². The Morgan fingerprint density at radius 3 is 2.07 bits per heavy atom.